The predicted octanol–water partition coefficient (Wildman–Crippen LogP) is 0.890. The first-order valence-electron chi connectivity index (χ1n) is 8.68. The molecule has 0 radical (unpaired) electrons. The van der Waals surface area contributed by atoms with Gasteiger partial charge in [-0.1, -0.05) is 0 Å². The van der Waals surface area contributed by atoms with Gasteiger partial charge >= 0.3 is 6.03 Å². The van der Waals surface area contributed by atoms with Gasteiger partial charge in [0.1, 0.15) is 0 Å². The number of nitrogens with zero attached hydrogens (tertiary/aromatic N) is 1. The Balaban J connectivity index is 1.45. The molecule has 4 amide bonds. The molecule has 1 aromatic carbocycles. The molecule has 1 aromatic rings. The van der Waals surface area contributed by atoms with Gasteiger partial charge in [-0.25, -0.2) is 4.79 Å². The molecule has 2 saturated heterocycles. The van der Waals surface area contributed by atoms with Crippen LogP contribution in [-0.4, -0.2) is 53.7 Å². The summed E-state index contributed by atoms with van der Waals surface area (Å²) >= 11 is 0. The summed E-state index contributed by atoms with van der Waals surface area (Å²) in [5.41, 5.74) is 1.21. The number of rotatable bonds is 4. The maximum absolute atomic E-state index is 12.1. The Labute approximate surface area is 151 Å². The van der Waals surface area contributed by atoms with Crippen molar-refractivity contribution in [1.82, 2.24) is 15.5 Å². The molecule has 3 rings (SSSR count). The van der Waals surface area contributed by atoms with Crippen molar-refractivity contribution in [3.8, 4) is 0 Å². The zero-order valence-corrected chi connectivity index (χ0v) is 14.6. The maximum atomic E-state index is 12.1. The van der Waals surface area contributed by atoms with Crippen molar-refractivity contribution in [1.29, 1.82) is 0 Å². The number of carbonyl (C=O) groups is 4. The topological polar surface area (TPSA) is 108 Å². The van der Waals surface area contributed by atoms with Gasteiger partial charge in [0.05, 0.1) is 12.5 Å². The first kappa shape index (κ1) is 18.1. The van der Waals surface area contributed by atoms with E-state index >= 15 is 0 Å². The Morgan fingerprint density at radius 3 is 2.31 bits per heavy atom. The zero-order valence-electron chi connectivity index (χ0n) is 14.6. The molecule has 2 aliphatic rings. The van der Waals surface area contributed by atoms with Crippen molar-refractivity contribution in [2.75, 3.05) is 18.4 Å². The number of urea groups is 1. The third-order valence-electron chi connectivity index (χ3n) is 4.80. The van der Waals surface area contributed by atoms with Crippen LogP contribution in [0.25, 0.3) is 0 Å². The minimum absolute atomic E-state index is 0.0166. The van der Waals surface area contributed by atoms with Crippen LogP contribution in [0, 0.1) is 0 Å². The van der Waals surface area contributed by atoms with E-state index in [0.29, 0.717) is 37.2 Å². The number of benzene rings is 1. The van der Waals surface area contributed by atoms with E-state index in [0.717, 1.165) is 0 Å². The molecule has 3 N–H and O–H groups in total. The molecular formula is C18H22N4O4. The van der Waals surface area contributed by atoms with E-state index < -0.39 is 0 Å². The summed E-state index contributed by atoms with van der Waals surface area (Å²) in [7, 11) is 0. The quantitative estimate of drug-likeness (QED) is 0.547. The van der Waals surface area contributed by atoms with Gasteiger partial charge < -0.3 is 10.6 Å². The molecule has 0 saturated carbocycles. The molecule has 2 aliphatic heterocycles. The zero-order chi connectivity index (χ0) is 18.7. The standard InChI is InChI=1S/C18H22N4O4/c1-11(23)12-2-4-13(5-3-12)19-18(26)20-14-6-8-22(9-7-14)15-10-16(24)21-17(15)25/h2-5,14-15H,6-10H2,1H3,(H2,19,20,26)(H,21,24,25)/t15-/m0/s1. The number of piperidine rings is 1. The van der Waals surface area contributed by atoms with E-state index in [1.54, 1.807) is 24.3 Å². The Morgan fingerprint density at radius 1 is 1.12 bits per heavy atom. The number of imide groups is 1. The van der Waals surface area contributed by atoms with Crippen LogP contribution in [-0.2, 0) is 9.59 Å². The van der Waals surface area contributed by atoms with Gasteiger partial charge in [-0.15, -0.1) is 0 Å². The molecule has 26 heavy (non-hydrogen) atoms. The van der Waals surface area contributed by atoms with E-state index in [2.05, 4.69) is 16.0 Å². The third kappa shape index (κ3) is 4.26. The van der Waals surface area contributed by atoms with E-state index in [9.17, 15) is 19.2 Å². The highest BCUT2D eigenvalue weighted by Crippen LogP contribution is 2.18. The fraction of sp³-hybridized carbons (Fsp3) is 0.444. The van der Waals surface area contributed by atoms with Crippen LogP contribution in [0.3, 0.4) is 0 Å². The number of likely N-dealkylation sites (tertiary alicyclic amines) is 1. The molecule has 0 bridgehead atoms. The largest absolute Gasteiger partial charge is 0.335 e. The molecule has 2 fully saturated rings. The number of hydrogen-bond acceptors (Lipinski definition) is 5. The lowest BCUT2D eigenvalue weighted by molar-refractivity contribution is -0.126. The van der Waals surface area contributed by atoms with Crippen molar-refractivity contribution >= 4 is 29.3 Å². The molecule has 8 heteroatoms. The second kappa shape index (κ2) is 7.65. The van der Waals surface area contributed by atoms with Crippen molar-refractivity contribution in [2.45, 2.75) is 38.3 Å². The second-order valence-corrected chi connectivity index (χ2v) is 6.67. The van der Waals surface area contributed by atoms with Crippen LogP contribution < -0.4 is 16.0 Å². The minimum atomic E-state index is -0.378. The lowest BCUT2D eigenvalue weighted by atomic mass is 10.0. The number of anilines is 1. The Kier molecular flexibility index (Phi) is 5.32. The monoisotopic (exact) mass is 358 g/mol. The molecule has 1 atom stereocenters. The summed E-state index contributed by atoms with van der Waals surface area (Å²) in [6, 6.07) is 6.06. The van der Waals surface area contributed by atoms with Gasteiger partial charge in [0.15, 0.2) is 5.78 Å². The molecule has 138 valence electrons. The normalized spacial score (nSPS) is 21.3. The van der Waals surface area contributed by atoms with Gasteiger partial charge in [0.2, 0.25) is 11.8 Å². The Morgan fingerprint density at radius 2 is 1.77 bits per heavy atom. The molecular weight excluding hydrogens is 336 g/mol. The summed E-state index contributed by atoms with van der Waals surface area (Å²) in [5.74, 6) is -0.478. The highest BCUT2D eigenvalue weighted by Gasteiger charge is 2.37. The SMILES string of the molecule is CC(=O)c1ccc(NC(=O)NC2CCN([C@H]3CC(=O)NC3=O)CC2)cc1. The summed E-state index contributed by atoms with van der Waals surface area (Å²) in [6.07, 6.45) is 1.65. The van der Waals surface area contributed by atoms with Crippen LogP contribution in [0.1, 0.15) is 36.5 Å². The van der Waals surface area contributed by atoms with E-state index in [1.807, 2.05) is 4.90 Å². The number of nitrogens with one attached hydrogen (secondary N) is 3. The Hall–Kier alpha value is -2.74. The fourth-order valence-corrected chi connectivity index (χ4v) is 3.33. The lowest BCUT2D eigenvalue weighted by Crippen LogP contribution is -2.50. The maximum Gasteiger partial charge on any atom is 0.319 e. The number of carbonyl (C=O) groups excluding carboxylic acids is 4. The van der Waals surface area contributed by atoms with Crippen LogP contribution in [0.4, 0.5) is 10.5 Å². The average molecular weight is 358 g/mol. The molecule has 2 heterocycles. The van der Waals surface area contributed by atoms with Crippen molar-refractivity contribution in [3.63, 3.8) is 0 Å². The van der Waals surface area contributed by atoms with E-state index in [1.165, 1.54) is 6.92 Å². The first-order chi connectivity index (χ1) is 12.4. The average Bonchev–Trinajstić information content (AvgIpc) is 2.94. The second-order valence-electron chi connectivity index (χ2n) is 6.67. The molecule has 0 aliphatic carbocycles. The molecule has 0 unspecified atom stereocenters. The van der Waals surface area contributed by atoms with Crippen LogP contribution in [0.5, 0.6) is 0 Å². The number of amides is 4. The highest BCUT2D eigenvalue weighted by molar-refractivity contribution is 6.05. The molecule has 8 nitrogen and oxygen atoms in total. The summed E-state index contributed by atoms with van der Waals surface area (Å²) < 4.78 is 0. The first-order valence-corrected chi connectivity index (χ1v) is 8.68. The van der Waals surface area contributed by atoms with Crippen LogP contribution in [0.2, 0.25) is 0 Å². The number of ketones is 1. The predicted molar refractivity (Wildman–Crippen MR) is 94.8 cm³/mol. The van der Waals surface area contributed by atoms with Crippen molar-refractivity contribution in [3.05, 3.63) is 29.8 Å². The lowest BCUT2D eigenvalue weighted by Gasteiger charge is -2.34. The summed E-state index contributed by atoms with van der Waals surface area (Å²) in [5, 5.41) is 8.00. The minimum Gasteiger partial charge on any atom is -0.335 e. The Bertz CT molecular complexity index is 723. The fourth-order valence-electron chi connectivity index (χ4n) is 3.33. The van der Waals surface area contributed by atoms with Crippen LogP contribution >= 0.6 is 0 Å². The number of hydrogen-bond donors (Lipinski definition) is 3. The van der Waals surface area contributed by atoms with Crippen molar-refractivity contribution in [2.24, 2.45) is 0 Å². The highest BCUT2D eigenvalue weighted by atomic mass is 16.2. The third-order valence-corrected chi connectivity index (χ3v) is 4.80. The molecule has 0 aromatic heterocycles. The van der Waals surface area contributed by atoms with Gasteiger partial charge in [-0.2, -0.15) is 0 Å². The molecule has 0 spiro atoms. The van der Waals surface area contributed by atoms with Crippen LogP contribution in [0.15, 0.2) is 24.3 Å². The number of Topliss-reactive ketones (excluding diaryl/α,β-unsaturated/α-hetero) is 1. The van der Waals surface area contributed by atoms with Gasteiger partial charge in [0.25, 0.3) is 0 Å². The smallest absolute Gasteiger partial charge is 0.319 e. The van der Waals surface area contributed by atoms with E-state index in [-0.39, 0.29) is 42.1 Å². The van der Waals surface area contributed by atoms with Crippen molar-refractivity contribution < 1.29 is 19.2 Å². The summed E-state index contributed by atoms with van der Waals surface area (Å²) in [4.78, 5) is 48.4. The van der Waals surface area contributed by atoms with Gasteiger partial charge in [-0.3, -0.25) is 24.6 Å². The van der Waals surface area contributed by atoms with Gasteiger partial charge in [0, 0.05) is 30.4 Å². The van der Waals surface area contributed by atoms with Gasteiger partial charge in [-0.05, 0) is 44.0 Å². The summed E-state index contributed by atoms with van der Waals surface area (Å²) in [6.45, 7) is 2.81. The van der Waals surface area contributed by atoms with E-state index in [4.69, 9.17) is 0 Å².